The molecule has 0 bridgehead atoms. The highest BCUT2D eigenvalue weighted by Crippen LogP contribution is 2.24. The number of rotatable bonds is 4. The topological polar surface area (TPSA) is 81.4 Å². The molecule has 130 valence electrons. The molecule has 6 nitrogen and oxygen atoms in total. The van der Waals surface area contributed by atoms with Gasteiger partial charge in [0.05, 0.1) is 5.69 Å². The summed E-state index contributed by atoms with van der Waals surface area (Å²) in [4.78, 5) is 29.1. The second-order valence-electron chi connectivity index (χ2n) is 5.82. The second-order valence-corrected chi connectivity index (χ2v) is 7.02. The van der Waals surface area contributed by atoms with Crippen molar-refractivity contribution >= 4 is 33.3 Å². The van der Waals surface area contributed by atoms with Crippen LogP contribution in [-0.2, 0) is 4.79 Å². The zero-order valence-corrected chi connectivity index (χ0v) is 15.2. The lowest BCUT2D eigenvalue weighted by atomic mass is 10.1. The van der Waals surface area contributed by atoms with Gasteiger partial charge < -0.3 is 9.15 Å². The zero-order valence-electron chi connectivity index (χ0n) is 14.4. The van der Waals surface area contributed by atoms with Crippen molar-refractivity contribution < 1.29 is 13.9 Å². The van der Waals surface area contributed by atoms with Crippen molar-refractivity contribution in [2.75, 3.05) is 5.32 Å². The molecule has 7 heteroatoms. The third kappa shape index (κ3) is 3.71. The van der Waals surface area contributed by atoms with Gasteiger partial charge in [-0.2, -0.15) is 0 Å². The van der Waals surface area contributed by atoms with Crippen molar-refractivity contribution in [3.8, 4) is 5.75 Å². The fraction of sp³-hybridized carbons (Fsp3) is 0.278. The zero-order chi connectivity index (χ0) is 18.1. The molecule has 0 saturated carbocycles. The number of ether oxygens (including phenoxy) is 1. The summed E-state index contributed by atoms with van der Waals surface area (Å²) >= 11 is 1.42. The van der Waals surface area contributed by atoms with Crippen molar-refractivity contribution in [1.82, 2.24) is 4.98 Å². The SMILES string of the molecule is Cc1nc(NC(=O)C(C)Oc2ccc3c(C)cc(=O)oc3c2)sc1C. The Morgan fingerprint density at radius 2 is 2.04 bits per heavy atom. The molecule has 1 aromatic carbocycles. The highest BCUT2D eigenvalue weighted by atomic mass is 32.1. The molecule has 3 rings (SSSR count). The molecule has 0 fully saturated rings. The van der Waals surface area contributed by atoms with Gasteiger partial charge in [-0.3, -0.25) is 10.1 Å². The molecule has 1 atom stereocenters. The molecule has 25 heavy (non-hydrogen) atoms. The number of thiazole rings is 1. The van der Waals surface area contributed by atoms with Gasteiger partial charge in [0, 0.05) is 22.4 Å². The Balaban J connectivity index is 1.75. The van der Waals surface area contributed by atoms with Crippen LogP contribution in [0.5, 0.6) is 5.75 Å². The molecule has 0 radical (unpaired) electrons. The van der Waals surface area contributed by atoms with Gasteiger partial charge in [0.1, 0.15) is 11.3 Å². The van der Waals surface area contributed by atoms with E-state index in [9.17, 15) is 9.59 Å². The summed E-state index contributed by atoms with van der Waals surface area (Å²) in [6.45, 7) is 7.34. The van der Waals surface area contributed by atoms with Gasteiger partial charge in [0.15, 0.2) is 11.2 Å². The number of aryl methyl sites for hydroxylation is 3. The van der Waals surface area contributed by atoms with E-state index in [0.29, 0.717) is 16.5 Å². The molecule has 3 aromatic rings. The number of nitrogens with one attached hydrogen (secondary N) is 1. The lowest BCUT2D eigenvalue weighted by Gasteiger charge is -2.14. The van der Waals surface area contributed by atoms with Crippen LogP contribution in [0.3, 0.4) is 0 Å². The standard InChI is InChI=1S/C18H18N2O4S/c1-9-7-16(21)24-15-8-13(5-6-14(9)15)23-11(3)17(22)20-18-19-10(2)12(4)25-18/h5-8,11H,1-4H3,(H,19,20,22). The van der Waals surface area contributed by atoms with Crippen LogP contribution < -0.4 is 15.7 Å². The molecule has 2 heterocycles. The lowest BCUT2D eigenvalue weighted by molar-refractivity contribution is -0.122. The van der Waals surface area contributed by atoms with E-state index in [1.807, 2.05) is 20.8 Å². The number of anilines is 1. The Morgan fingerprint density at radius 1 is 1.28 bits per heavy atom. The fourth-order valence-electron chi connectivity index (χ4n) is 2.37. The number of hydrogen-bond donors (Lipinski definition) is 1. The van der Waals surface area contributed by atoms with Gasteiger partial charge in [-0.15, -0.1) is 11.3 Å². The van der Waals surface area contributed by atoms with E-state index in [1.165, 1.54) is 17.4 Å². The number of hydrogen-bond acceptors (Lipinski definition) is 6. The summed E-state index contributed by atoms with van der Waals surface area (Å²) in [5.41, 5.74) is 1.75. The van der Waals surface area contributed by atoms with E-state index >= 15 is 0 Å². The molecular formula is C18H18N2O4S. The van der Waals surface area contributed by atoms with Crippen molar-refractivity contribution in [3.63, 3.8) is 0 Å². The van der Waals surface area contributed by atoms with Crippen LogP contribution in [-0.4, -0.2) is 17.0 Å². The van der Waals surface area contributed by atoms with E-state index in [-0.39, 0.29) is 5.91 Å². The Labute approximate surface area is 148 Å². The summed E-state index contributed by atoms with van der Waals surface area (Å²) in [5.74, 6) is 0.162. The largest absolute Gasteiger partial charge is 0.481 e. The summed E-state index contributed by atoms with van der Waals surface area (Å²) in [6.07, 6.45) is -0.724. The van der Waals surface area contributed by atoms with Crippen LogP contribution in [0.4, 0.5) is 5.13 Å². The minimum absolute atomic E-state index is 0.292. The van der Waals surface area contributed by atoms with Crippen LogP contribution in [0.1, 0.15) is 23.1 Å². The first-order valence-electron chi connectivity index (χ1n) is 7.79. The maximum absolute atomic E-state index is 12.3. The first-order valence-corrected chi connectivity index (χ1v) is 8.61. The molecule has 1 N–H and O–H groups in total. The van der Waals surface area contributed by atoms with Gasteiger partial charge in [-0.25, -0.2) is 9.78 Å². The van der Waals surface area contributed by atoms with E-state index in [4.69, 9.17) is 9.15 Å². The highest BCUT2D eigenvalue weighted by molar-refractivity contribution is 7.15. The minimum atomic E-state index is -0.724. The van der Waals surface area contributed by atoms with Crippen molar-refractivity contribution in [2.45, 2.75) is 33.8 Å². The van der Waals surface area contributed by atoms with Crippen LogP contribution >= 0.6 is 11.3 Å². The molecule has 0 saturated heterocycles. The number of fused-ring (bicyclic) bond motifs is 1. The van der Waals surface area contributed by atoms with Gasteiger partial charge in [0.2, 0.25) is 0 Å². The maximum Gasteiger partial charge on any atom is 0.336 e. The fourth-order valence-corrected chi connectivity index (χ4v) is 3.19. The number of nitrogens with zero attached hydrogens (tertiary/aromatic N) is 1. The Bertz CT molecular complexity index is 986. The average molecular weight is 358 g/mol. The van der Waals surface area contributed by atoms with Gasteiger partial charge in [0.25, 0.3) is 5.91 Å². The third-order valence-electron chi connectivity index (χ3n) is 3.86. The van der Waals surface area contributed by atoms with Crippen LogP contribution in [0.15, 0.2) is 33.5 Å². The van der Waals surface area contributed by atoms with Crippen molar-refractivity contribution in [2.24, 2.45) is 0 Å². The minimum Gasteiger partial charge on any atom is -0.481 e. The molecule has 0 spiro atoms. The Kier molecular flexibility index (Phi) is 4.59. The molecule has 1 unspecified atom stereocenters. The third-order valence-corrected chi connectivity index (χ3v) is 4.85. The van der Waals surface area contributed by atoms with Crippen LogP contribution in [0.25, 0.3) is 11.0 Å². The number of aromatic nitrogens is 1. The molecule has 2 aromatic heterocycles. The van der Waals surface area contributed by atoms with Crippen LogP contribution in [0, 0.1) is 20.8 Å². The molecule has 0 aliphatic rings. The number of carbonyl (C=O) groups is 1. The van der Waals surface area contributed by atoms with Gasteiger partial charge in [-0.1, -0.05) is 0 Å². The summed E-state index contributed by atoms with van der Waals surface area (Å²) in [5, 5.41) is 4.13. The normalized spacial score (nSPS) is 12.2. The summed E-state index contributed by atoms with van der Waals surface area (Å²) < 4.78 is 10.9. The Hall–Kier alpha value is -2.67. The van der Waals surface area contributed by atoms with Gasteiger partial charge >= 0.3 is 5.63 Å². The van der Waals surface area contributed by atoms with E-state index in [0.717, 1.165) is 21.5 Å². The highest BCUT2D eigenvalue weighted by Gasteiger charge is 2.17. The second kappa shape index (κ2) is 6.68. The number of carbonyl (C=O) groups excluding carboxylic acids is 1. The predicted octanol–water partition coefficient (Wildman–Crippen LogP) is 3.58. The van der Waals surface area contributed by atoms with Crippen molar-refractivity contribution in [3.05, 3.63) is 50.8 Å². The average Bonchev–Trinajstić information content (AvgIpc) is 2.84. The van der Waals surface area contributed by atoms with E-state index < -0.39 is 11.7 Å². The van der Waals surface area contributed by atoms with Crippen LogP contribution in [0.2, 0.25) is 0 Å². The summed E-state index contributed by atoms with van der Waals surface area (Å²) in [6, 6.07) is 6.61. The van der Waals surface area contributed by atoms with Crippen molar-refractivity contribution in [1.29, 1.82) is 0 Å². The molecule has 0 aliphatic carbocycles. The molecular weight excluding hydrogens is 340 g/mol. The van der Waals surface area contributed by atoms with E-state index in [1.54, 1.807) is 25.1 Å². The monoisotopic (exact) mass is 358 g/mol. The first kappa shape index (κ1) is 17.2. The maximum atomic E-state index is 12.3. The molecule has 1 amide bonds. The quantitative estimate of drug-likeness (QED) is 0.721. The lowest BCUT2D eigenvalue weighted by Crippen LogP contribution is -2.30. The predicted molar refractivity (Wildman–Crippen MR) is 97.5 cm³/mol. The van der Waals surface area contributed by atoms with E-state index in [2.05, 4.69) is 10.3 Å². The Morgan fingerprint density at radius 3 is 2.72 bits per heavy atom. The summed E-state index contributed by atoms with van der Waals surface area (Å²) in [7, 11) is 0. The first-order chi connectivity index (χ1) is 11.8. The van der Waals surface area contributed by atoms with Gasteiger partial charge in [-0.05, 0) is 45.4 Å². The number of benzene rings is 1. The molecule has 0 aliphatic heterocycles. The number of amides is 1. The smallest absolute Gasteiger partial charge is 0.336 e.